The van der Waals surface area contributed by atoms with E-state index in [1.54, 1.807) is 18.2 Å². The van der Waals surface area contributed by atoms with Crippen LogP contribution in [0.25, 0.3) is 0 Å². The van der Waals surface area contributed by atoms with Crippen LogP contribution in [0.5, 0.6) is 11.5 Å². The highest BCUT2D eigenvalue weighted by Crippen LogP contribution is 2.35. The fourth-order valence-corrected chi connectivity index (χ4v) is 1.28. The second-order valence-electron chi connectivity index (χ2n) is 4.28. The molecular weight excluding hydrogens is 284 g/mol. The molecule has 0 amide bonds. The number of hydrogen-bond donors (Lipinski definition) is 0. The first-order chi connectivity index (χ1) is 7.83. The lowest BCUT2D eigenvalue weighted by Gasteiger charge is -2.28. The standard InChI is InChI=1S/C13H17BrO3/c1-9(2)13(4,14)17-12-8-6-5-7-11(12)16-10(3)15/h5-9H,1-4H3. The first-order valence-corrected chi connectivity index (χ1v) is 6.27. The third kappa shape index (κ3) is 4.04. The van der Waals surface area contributed by atoms with Gasteiger partial charge in [-0.3, -0.25) is 4.79 Å². The van der Waals surface area contributed by atoms with Gasteiger partial charge < -0.3 is 9.47 Å². The summed E-state index contributed by atoms with van der Waals surface area (Å²) in [5.41, 5.74) is 0. The molecule has 0 N–H and O–H groups in total. The second-order valence-corrected chi connectivity index (χ2v) is 5.86. The predicted octanol–water partition coefficient (Wildman–Crippen LogP) is 3.76. The van der Waals surface area contributed by atoms with Crippen LogP contribution >= 0.6 is 15.9 Å². The van der Waals surface area contributed by atoms with Crippen LogP contribution in [0.4, 0.5) is 0 Å². The van der Waals surface area contributed by atoms with E-state index in [9.17, 15) is 4.79 Å². The Bertz CT molecular complexity index is 399. The molecule has 4 heteroatoms. The van der Waals surface area contributed by atoms with Crippen LogP contribution in [-0.4, -0.2) is 10.5 Å². The molecule has 17 heavy (non-hydrogen) atoms. The Morgan fingerprint density at radius 3 is 2.29 bits per heavy atom. The van der Waals surface area contributed by atoms with E-state index >= 15 is 0 Å². The maximum absolute atomic E-state index is 11.0. The first-order valence-electron chi connectivity index (χ1n) is 5.48. The maximum Gasteiger partial charge on any atom is 0.308 e. The van der Waals surface area contributed by atoms with Crippen molar-refractivity contribution < 1.29 is 14.3 Å². The lowest BCUT2D eigenvalue weighted by Crippen LogP contribution is -2.31. The molecule has 1 aromatic carbocycles. The number of benzene rings is 1. The van der Waals surface area contributed by atoms with Gasteiger partial charge >= 0.3 is 5.97 Å². The largest absolute Gasteiger partial charge is 0.472 e. The molecule has 3 nitrogen and oxygen atoms in total. The van der Waals surface area contributed by atoms with Gasteiger partial charge in [0.05, 0.1) is 0 Å². The molecule has 0 heterocycles. The minimum atomic E-state index is -0.497. The first kappa shape index (κ1) is 14.0. The van der Waals surface area contributed by atoms with Gasteiger partial charge in [0, 0.05) is 12.8 Å². The Hall–Kier alpha value is -1.03. The average Bonchev–Trinajstić information content (AvgIpc) is 2.19. The van der Waals surface area contributed by atoms with E-state index < -0.39 is 4.51 Å². The number of alkyl halides is 1. The summed E-state index contributed by atoms with van der Waals surface area (Å²) in [6, 6.07) is 7.12. The van der Waals surface area contributed by atoms with Crippen molar-refractivity contribution in [2.45, 2.75) is 32.2 Å². The van der Waals surface area contributed by atoms with Crippen molar-refractivity contribution in [1.29, 1.82) is 0 Å². The van der Waals surface area contributed by atoms with Crippen molar-refractivity contribution in [2.24, 2.45) is 5.92 Å². The van der Waals surface area contributed by atoms with Gasteiger partial charge in [0.15, 0.2) is 16.0 Å². The zero-order valence-electron chi connectivity index (χ0n) is 10.5. The third-order valence-electron chi connectivity index (χ3n) is 2.44. The predicted molar refractivity (Wildman–Crippen MR) is 70.5 cm³/mol. The van der Waals surface area contributed by atoms with E-state index in [4.69, 9.17) is 9.47 Å². The van der Waals surface area contributed by atoms with Gasteiger partial charge in [-0.05, 0) is 35.0 Å². The van der Waals surface area contributed by atoms with Crippen molar-refractivity contribution in [3.05, 3.63) is 24.3 Å². The Kier molecular flexibility index (Phi) is 4.57. The van der Waals surface area contributed by atoms with Gasteiger partial charge in [-0.1, -0.05) is 26.0 Å². The zero-order chi connectivity index (χ0) is 13.1. The molecule has 1 aromatic rings. The van der Waals surface area contributed by atoms with Gasteiger partial charge in [-0.25, -0.2) is 0 Å². The van der Waals surface area contributed by atoms with E-state index in [2.05, 4.69) is 15.9 Å². The van der Waals surface area contributed by atoms with E-state index in [-0.39, 0.29) is 11.9 Å². The smallest absolute Gasteiger partial charge is 0.308 e. The van der Waals surface area contributed by atoms with E-state index in [0.717, 1.165) is 0 Å². The van der Waals surface area contributed by atoms with Crippen molar-refractivity contribution >= 4 is 21.9 Å². The number of esters is 1. The molecule has 0 saturated heterocycles. The molecule has 1 rings (SSSR count). The summed E-state index contributed by atoms with van der Waals surface area (Å²) in [7, 11) is 0. The van der Waals surface area contributed by atoms with Crippen LogP contribution in [0.15, 0.2) is 24.3 Å². The van der Waals surface area contributed by atoms with Crippen molar-refractivity contribution in [1.82, 2.24) is 0 Å². The number of carbonyl (C=O) groups excluding carboxylic acids is 1. The number of carbonyl (C=O) groups is 1. The molecular formula is C13H17BrO3. The molecule has 0 fully saturated rings. The number of rotatable bonds is 4. The molecule has 0 radical (unpaired) electrons. The number of para-hydroxylation sites is 2. The lowest BCUT2D eigenvalue weighted by atomic mass is 10.1. The summed E-state index contributed by atoms with van der Waals surface area (Å²) in [6.07, 6.45) is 0. The van der Waals surface area contributed by atoms with Crippen molar-refractivity contribution in [3.63, 3.8) is 0 Å². The summed E-state index contributed by atoms with van der Waals surface area (Å²) in [5.74, 6) is 0.900. The molecule has 0 aliphatic carbocycles. The van der Waals surface area contributed by atoms with Crippen LogP contribution < -0.4 is 9.47 Å². The molecule has 0 spiro atoms. The second kappa shape index (κ2) is 5.54. The SMILES string of the molecule is CC(=O)Oc1ccccc1OC(C)(Br)C(C)C. The van der Waals surface area contributed by atoms with Crippen LogP contribution in [-0.2, 0) is 4.79 Å². The fraction of sp³-hybridized carbons (Fsp3) is 0.462. The highest BCUT2D eigenvalue weighted by molar-refractivity contribution is 9.10. The Balaban J connectivity index is 2.94. The number of halogens is 1. The van der Waals surface area contributed by atoms with Gasteiger partial charge in [0.25, 0.3) is 0 Å². The number of ether oxygens (including phenoxy) is 2. The van der Waals surface area contributed by atoms with Gasteiger partial charge in [0.1, 0.15) is 0 Å². The quantitative estimate of drug-likeness (QED) is 0.482. The highest BCUT2D eigenvalue weighted by Gasteiger charge is 2.28. The third-order valence-corrected chi connectivity index (χ3v) is 3.52. The molecule has 0 aliphatic heterocycles. The van der Waals surface area contributed by atoms with Crippen LogP contribution in [0.1, 0.15) is 27.7 Å². The van der Waals surface area contributed by atoms with Gasteiger partial charge in [-0.2, -0.15) is 0 Å². The molecule has 0 bridgehead atoms. The summed E-state index contributed by atoms with van der Waals surface area (Å²) < 4.78 is 10.4. The Morgan fingerprint density at radius 1 is 1.29 bits per heavy atom. The topological polar surface area (TPSA) is 35.5 Å². The van der Waals surface area contributed by atoms with E-state index in [1.165, 1.54) is 6.92 Å². The normalized spacial score (nSPS) is 14.2. The van der Waals surface area contributed by atoms with Crippen molar-refractivity contribution in [3.8, 4) is 11.5 Å². The highest BCUT2D eigenvalue weighted by atomic mass is 79.9. The van der Waals surface area contributed by atoms with E-state index in [0.29, 0.717) is 11.5 Å². The number of hydrogen-bond acceptors (Lipinski definition) is 3. The van der Waals surface area contributed by atoms with Crippen LogP contribution in [0.2, 0.25) is 0 Å². The van der Waals surface area contributed by atoms with Crippen molar-refractivity contribution in [2.75, 3.05) is 0 Å². The van der Waals surface area contributed by atoms with E-state index in [1.807, 2.05) is 26.8 Å². The monoisotopic (exact) mass is 300 g/mol. The van der Waals surface area contributed by atoms with Gasteiger partial charge in [-0.15, -0.1) is 0 Å². The Labute approximate surface area is 110 Å². The zero-order valence-corrected chi connectivity index (χ0v) is 12.1. The van der Waals surface area contributed by atoms with Gasteiger partial charge in [0.2, 0.25) is 0 Å². The molecule has 1 atom stereocenters. The lowest BCUT2D eigenvalue weighted by molar-refractivity contribution is -0.132. The summed E-state index contributed by atoms with van der Waals surface area (Å²) in [4.78, 5) is 11.0. The summed E-state index contributed by atoms with van der Waals surface area (Å²) in [5, 5.41) is 0. The Morgan fingerprint density at radius 2 is 1.82 bits per heavy atom. The molecule has 0 aromatic heterocycles. The van der Waals surface area contributed by atoms with Crippen LogP contribution in [0, 0.1) is 5.92 Å². The molecule has 94 valence electrons. The summed E-state index contributed by atoms with van der Waals surface area (Å²) >= 11 is 3.52. The fourth-order valence-electron chi connectivity index (χ4n) is 1.11. The minimum absolute atomic E-state index is 0.271. The molecule has 1 unspecified atom stereocenters. The average molecular weight is 301 g/mol. The summed E-state index contributed by atoms with van der Waals surface area (Å²) in [6.45, 7) is 7.39. The maximum atomic E-state index is 11.0. The van der Waals surface area contributed by atoms with Crippen LogP contribution in [0.3, 0.4) is 0 Å². The molecule has 0 saturated carbocycles. The molecule has 0 aliphatic rings. The minimum Gasteiger partial charge on any atom is -0.472 e.